The molecular formula is C46H47F7N2O5S2. The highest BCUT2D eigenvalue weighted by Crippen LogP contribution is 2.43. The number of likely N-dealkylation sites (tertiary alicyclic amines) is 2. The molecule has 0 saturated carbocycles. The lowest BCUT2D eigenvalue weighted by atomic mass is 9.87. The highest BCUT2D eigenvalue weighted by Gasteiger charge is 2.35. The number of alkyl halides is 6. The number of hydrogen-bond acceptors (Lipinski definition) is 9. The van der Waals surface area contributed by atoms with Crippen molar-refractivity contribution in [3.63, 3.8) is 0 Å². The number of ether oxygens (including phenoxy) is 2. The first-order valence-electron chi connectivity index (χ1n) is 19.9. The van der Waals surface area contributed by atoms with Gasteiger partial charge in [-0.2, -0.15) is 39.0 Å². The van der Waals surface area contributed by atoms with Gasteiger partial charge in [0.2, 0.25) is 0 Å². The van der Waals surface area contributed by atoms with E-state index in [1.54, 1.807) is 0 Å². The summed E-state index contributed by atoms with van der Waals surface area (Å²) in [6, 6.07) is 26.1. The number of benzene rings is 4. The number of fused-ring (bicyclic) bond motifs is 1. The fourth-order valence-corrected chi connectivity index (χ4v) is 8.91. The maximum atomic E-state index is 14.0. The van der Waals surface area contributed by atoms with Crippen LogP contribution in [0.3, 0.4) is 0 Å². The van der Waals surface area contributed by atoms with Gasteiger partial charge in [-0.05, 0) is 110 Å². The van der Waals surface area contributed by atoms with E-state index in [1.165, 1.54) is 31.4 Å². The maximum Gasteiger partial charge on any atom is 0.416 e. The molecule has 2 fully saturated rings. The molecule has 7 rings (SSSR count). The zero-order valence-electron chi connectivity index (χ0n) is 34.1. The van der Waals surface area contributed by atoms with Crippen LogP contribution < -0.4 is 0 Å². The second-order valence-corrected chi connectivity index (χ2v) is 16.3. The minimum atomic E-state index is -4.62. The fraction of sp³-hybridized carbons (Fsp3) is 0.370. The predicted molar refractivity (Wildman–Crippen MR) is 228 cm³/mol. The van der Waals surface area contributed by atoms with E-state index in [1.807, 2.05) is 48.5 Å². The molecule has 0 N–H and O–H groups in total. The van der Waals surface area contributed by atoms with Gasteiger partial charge in [-0.25, -0.2) is 9.18 Å². The lowest BCUT2D eigenvalue weighted by Crippen LogP contribution is -2.36. The number of carbonyl (C=O) groups excluding carboxylic acids is 3. The Bertz CT molecular complexity index is 2250. The van der Waals surface area contributed by atoms with Crippen molar-refractivity contribution in [1.82, 2.24) is 9.80 Å². The molecule has 2 aliphatic rings. The molecule has 2 aliphatic heterocycles. The van der Waals surface area contributed by atoms with Crippen molar-refractivity contribution in [2.24, 2.45) is 5.92 Å². The third-order valence-corrected chi connectivity index (χ3v) is 12.2. The number of piperidine rings is 2. The SMILES string of the molecule is COC(=O)CS.COC(=O)c1sc2cc(C(F)(F)F)ccc2c1C1CCN(Cc2ccccc2)CC1.O=C(c1ccc(C(F)(F)F)cc1F)C1CCN(Cc2ccccc2)CC1. The van der Waals surface area contributed by atoms with E-state index in [-0.39, 0.29) is 29.1 Å². The topological polar surface area (TPSA) is 76.1 Å². The average Bonchev–Trinajstić information content (AvgIpc) is 3.66. The van der Waals surface area contributed by atoms with Crippen LogP contribution in [0.25, 0.3) is 10.1 Å². The summed E-state index contributed by atoms with van der Waals surface area (Å²) in [4.78, 5) is 39.8. The summed E-state index contributed by atoms with van der Waals surface area (Å²) in [5.41, 5.74) is 1.26. The largest absolute Gasteiger partial charge is 0.468 e. The van der Waals surface area contributed by atoms with Crippen molar-refractivity contribution in [3.8, 4) is 0 Å². The van der Waals surface area contributed by atoms with E-state index < -0.39 is 41.0 Å². The number of ketones is 1. The van der Waals surface area contributed by atoms with E-state index in [4.69, 9.17) is 4.74 Å². The van der Waals surface area contributed by atoms with Crippen LogP contribution in [0.15, 0.2) is 97.1 Å². The van der Waals surface area contributed by atoms with E-state index in [0.29, 0.717) is 41.6 Å². The quantitative estimate of drug-likeness (QED) is 0.0683. The Morgan fingerprint density at radius 1 is 0.694 bits per heavy atom. The molecular weight excluding hydrogens is 858 g/mol. The predicted octanol–water partition coefficient (Wildman–Crippen LogP) is 11.1. The fourth-order valence-electron chi connectivity index (χ4n) is 7.53. The number of methoxy groups -OCH3 is 2. The first kappa shape index (κ1) is 48.3. The third-order valence-electron chi connectivity index (χ3n) is 10.8. The molecule has 0 unspecified atom stereocenters. The summed E-state index contributed by atoms with van der Waals surface area (Å²) < 4.78 is 101. The van der Waals surface area contributed by atoms with Crippen molar-refractivity contribution in [1.29, 1.82) is 0 Å². The number of rotatable bonds is 9. The summed E-state index contributed by atoms with van der Waals surface area (Å²) in [5.74, 6) is -2.35. The highest BCUT2D eigenvalue weighted by molar-refractivity contribution is 7.81. The number of nitrogens with zero attached hydrogens (tertiary/aromatic N) is 2. The molecule has 332 valence electrons. The maximum absolute atomic E-state index is 14.0. The Morgan fingerprint density at radius 2 is 1.19 bits per heavy atom. The molecule has 62 heavy (non-hydrogen) atoms. The van der Waals surface area contributed by atoms with Gasteiger partial charge in [0.25, 0.3) is 0 Å². The van der Waals surface area contributed by atoms with Crippen LogP contribution in [-0.2, 0) is 39.7 Å². The van der Waals surface area contributed by atoms with Crippen LogP contribution >= 0.6 is 24.0 Å². The van der Waals surface area contributed by atoms with Gasteiger partial charge in [-0.3, -0.25) is 19.4 Å². The number of thiophene rings is 1. The van der Waals surface area contributed by atoms with Gasteiger partial charge < -0.3 is 9.47 Å². The second-order valence-electron chi connectivity index (χ2n) is 14.9. The molecule has 3 heterocycles. The molecule has 16 heteroatoms. The zero-order valence-corrected chi connectivity index (χ0v) is 35.8. The van der Waals surface area contributed by atoms with Crippen molar-refractivity contribution < 1.29 is 54.6 Å². The number of halogens is 7. The van der Waals surface area contributed by atoms with Crippen LogP contribution in [-0.4, -0.2) is 73.7 Å². The third kappa shape index (κ3) is 13.1. The molecule has 2 saturated heterocycles. The van der Waals surface area contributed by atoms with Crippen LogP contribution in [0.1, 0.15) is 79.4 Å². The van der Waals surface area contributed by atoms with Crippen molar-refractivity contribution in [3.05, 3.63) is 141 Å². The Labute approximate surface area is 365 Å². The number of carbonyl (C=O) groups is 3. The molecule has 5 aromatic rings. The molecule has 0 bridgehead atoms. The van der Waals surface area contributed by atoms with Crippen molar-refractivity contribution in [2.75, 3.05) is 46.2 Å². The number of Topliss-reactive ketones (excluding diaryl/α,β-unsaturated/α-hetero) is 1. The Kier molecular flexibility index (Phi) is 17.2. The first-order chi connectivity index (χ1) is 29.5. The molecule has 4 aromatic carbocycles. The normalized spacial score (nSPS) is 15.5. The number of thiol groups is 1. The molecule has 0 amide bonds. The van der Waals surface area contributed by atoms with Gasteiger partial charge in [0.1, 0.15) is 10.7 Å². The molecule has 0 radical (unpaired) electrons. The summed E-state index contributed by atoms with van der Waals surface area (Å²) in [6.07, 6.45) is -6.18. The molecule has 1 aromatic heterocycles. The molecule has 7 nitrogen and oxygen atoms in total. The highest BCUT2D eigenvalue weighted by atomic mass is 32.1. The van der Waals surface area contributed by atoms with Gasteiger partial charge in [-0.15, -0.1) is 11.3 Å². The average molecular weight is 905 g/mol. The van der Waals surface area contributed by atoms with Gasteiger partial charge in [0, 0.05) is 23.7 Å². The lowest BCUT2D eigenvalue weighted by Gasteiger charge is -2.32. The first-order valence-corrected chi connectivity index (χ1v) is 21.3. The van der Waals surface area contributed by atoms with E-state index in [2.05, 4.69) is 39.3 Å². The van der Waals surface area contributed by atoms with E-state index >= 15 is 0 Å². The Hall–Kier alpha value is -4.77. The summed E-state index contributed by atoms with van der Waals surface area (Å²) in [6.45, 7) is 4.81. The van der Waals surface area contributed by atoms with Crippen LogP contribution in [0, 0.1) is 11.7 Å². The summed E-state index contributed by atoms with van der Waals surface area (Å²) in [7, 11) is 2.64. The van der Waals surface area contributed by atoms with Gasteiger partial charge >= 0.3 is 24.3 Å². The summed E-state index contributed by atoms with van der Waals surface area (Å²) in [5, 5.41) is 0.731. The van der Waals surface area contributed by atoms with Crippen molar-refractivity contribution in [2.45, 2.75) is 57.0 Å². The van der Waals surface area contributed by atoms with Gasteiger partial charge in [-0.1, -0.05) is 66.7 Å². The van der Waals surface area contributed by atoms with E-state index in [9.17, 15) is 45.1 Å². The zero-order chi connectivity index (χ0) is 45.0. The van der Waals surface area contributed by atoms with Crippen LogP contribution in [0.4, 0.5) is 30.7 Å². The molecule has 0 aliphatic carbocycles. The monoisotopic (exact) mass is 904 g/mol. The Balaban J connectivity index is 0.000000209. The smallest absolute Gasteiger partial charge is 0.416 e. The molecule has 0 spiro atoms. The molecule has 0 atom stereocenters. The minimum Gasteiger partial charge on any atom is -0.468 e. The Morgan fingerprint density at radius 3 is 1.65 bits per heavy atom. The second kappa shape index (κ2) is 22.0. The van der Waals surface area contributed by atoms with Crippen LogP contribution in [0.2, 0.25) is 0 Å². The summed E-state index contributed by atoms with van der Waals surface area (Å²) >= 11 is 4.72. The van der Waals surface area contributed by atoms with Gasteiger partial charge in [0.05, 0.1) is 36.7 Å². The van der Waals surface area contributed by atoms with Gasteiger partial charge in [0.15, 0.2) is 5.78 Å². The van der Waals surface area contributed by atoms with Crippen molar-refractivity contribution >= 4 is 51.8 Å². The van der Waals surface area contributed by atoms with E-state index in [0.717, 1.165) is 85.6 Å². The number of hydrogen-bond donors (Lipinski definition) is 1. The number of esters is 2. The lowest BCUT2D eigenvalue weighted by molar-refractivity contribution is -0.138. The standard InChI is InChI=1S/C23H22F3NO2S.C20H19F4NO.C3H6O2S/c1-29-22(28)21-20(18-8-7-17(23(24,25)26)13-19(18)30-21)16-9-11-27(12-10-16)14-15-5-3-2-4-6-15;21-18-12-16(20(22,23)24)6-7-17(18)19(26)15-8-10-25(11-9-15)13-14-4-2-1-3-5-14;1-5-3(4)2-6/h2-8,13,16H,9-12,14H2,1H3;1-7,12,15H,8-11,13H2;6H,2H2,1H3. The van der Waals surface area contributed by atoms with Crippen LogP contribution in [0.5, 0.6) is 0 Å². The minimum absolute atomic E-state index is 0.122.